The van der Waals surface area contributed by atoms with Crippen LogP contribution in [0.4, 0.5) is 0 Å². The Balaban J connectivity index is 0.000000240. The molecule has 0 spiro atoms. The molecule has 2 aromatic rings. The van der Waals surface area contributed by atoms with Gasteiger partial charge in [0.25, 0.3) is 11.6 Å². The topological polar surface area (TPSA) is 175 Å². The van der Waals surface area contributed by atoms with Crippen molar-refractivity contribution >= 4 is 54.8 Å². The molecule has 12 heteroatoms. The predicted molar refractivity (Wildman–Crippen MR) is 130 cm³/mol. The summed E-state index contributed by atoms with van der Waals surface area (Å²) in [7, 11) is -6.80. The van der Waals surface area contributed by atoms with E-state index in [0.29, 0.717) is 11.1 Å². The second-order valence-corrected chi connectivity index (χ2v) is 11.2. The smallest absolute Gasteiger partial charge is 0.361 e. The molecule has 0 heterocycles. The number of hydrogen-bond acceptors (Lipinski definition) is 6. The molecule has 0 saturated heterocycles. The predicted octanol–water partition coefficient (Wildman–Crippen LogP) is 2.58. The lowest BCUT2D eigenvalue weighted by atomic mass is 9.95. The van der Waals surface area contributed by atoms with Gasteiger partial charge in [-0.3, -0.25) is 9.59 Å². The first kappa shape index (κ1) is 27.2. The lowest BCUT2D eigenvalue weighted by Gasteiger charge is -2.10. The van der Waals surface area contributed by atoms with E-state index in [0.717, 1.165) is 12.5 Å². The Labute approximate surface area is 202 Å². The minimum absolute atomic E-state index is 0. The van der Waals surface area contributed by atoms with E-state index >= 15 is 0 Å². The first-order valence-corrected chi connectivity index (χ1v) is 13.2. The van der Waals surface area contributed by atoms with Gasteiger partial charge in [-0.1, -0.05) is 31.7 Å². The largest absolute Gasteiger partial charge is 0.362 e. The van der Waals surface area contributed by atoms with Gasteiger partial charge < -0.3 is 11.1 Å². The minimum atomic E-state index is -3.40. The maximum atomic E-state index is 11.8. The molecule has 2 aliphatic carbocycles. The molecule has 180 valence electrons. The zero-order valence-corrected chi connectivity index (χ0v) is 19.5. The molecular weight excluding hydrogens is 492 g/mol. The van der Waals surface area contributed by atoms with E-state index in [1.54, 1.807) is 0 Å². The number of carbonyl (C=O) groups is 2. The number of benzene rings is 2. The van der Waals surface area contributed by atoms with E-state index in [9.17, 15) is 26.4 Å². The molecule has 0 amide bonds. The normalized spacial score (nSPS) is 14.0. The van der Waals surface area contributed by atoms with Gasteiger partial charge in [-0.2, -0.15) is 9.58 Å². The van der Waals surface area contributed by atoms with Crippen LogP contribution in [0, 0.1) is 0 Å². The van der Waals surface area contributed by atoms with Crippen LogP contribution in [-0.4, -0.2) is 61.9 Å². The molecule has 10 nitrogen and oxygen atoms in total. The van der Waals surface area contributed by atoms with E-state index in [4.69, 9.17) is 11.1 Å². The molecule has 35 heavy (non-hydrogen) atoms. The van der Waals surface area contributed by atoms with Gasteiger partial charge in [0.05, 0.1) is 9.79 Å². The van der Waals surface area contributed by atoms with Crippen LogP contribution < -0.4 is 0 Å². The summed E-state index contributed by atoms with van der Waals surface area (Å²) in [5.41, 5.74) is 18.1. The van der Waals surface area contributed by atoms with Crippen molar-refractivity contribution in [3.8, 4) is 0 Å². The Morgan fingerprint density at radius 2 is 0.971 bits per heavy atom. The standard InChI is InChI=1S/2C11H8N2O3S.CH4/c2*1-17(15,16)10-4-2-3-8-7(10)5-6-9(13-12)11(8)14;/h2*2-6H,1H3;1H4. The van der Waals surface area contributed by atoms with Crippen molar-refractivity contribution < 1.29 is 36.0 Å². The molecule has 0 aliphatic heterocycles. The molecule has 0 atom stereocenters. The zero-order valence-electron chi connectivity index (χ0n) is 17.8. The fourth-order valence-electron chi connectivity index (χ4n) is 3.38. The van der Waals surface area contributed by atoms with Crippen LogP contribution in [-0.2, 0) is 19.7 Å². The molecule has 0 unspecified atom stereocenters. The zero-order chi connectivity index (χ0) is 25.3. The van der Waals surface area contributed by atoms with Crippen molar-refractivity contribution in [2.45, 2.75) is 17.2 Å². The van der Waals surface area contributed by atoms with Crippen LogP contribution in [0.5, 0.6) is 0 Å². The molecule has 0 N–H and O–H groups in total. The molecule has 0 radical (unpaired) electrons. The molecule has 2 aromatic carbocycles. The van der Waals surface area contributed by atoms with E-state index in [2.05, 4.69) is 9.58 Å². The summed E-state index contributed by atoms with van der Waals surface area (Å²) in [6.07, 6.45) is 7.66. The fraction of sp³-hybridized carbons (Fsp3) is 0.130. The molecule has 2 aliphatic rings. The van der Waals surface area contributed by atoms with Gasteiger partial charge in [-0.15, -0.1) is 0 Å². The Hall–Kier alpha value is -4.08. The van der Waals surface area contributed by atoms with Crippen LogP contribution >= 0.6 is 0 Å². The van der Waals surface area contributed by atoms with Crippen molar-refractivity contribution in [1.82, 2.24) is 0 Å². The highest BCUT2D eigenvalue weighted by Crippen LogP contribution is 2.26. The highest BCUT2D eigenvalue weighted by molar-refractivity contribution is 7.91. The summed E-state index contributed by atoms with van der Waals surface area (Å²) in [6.45, 7) is 0. The molecule has 4 rings (SSSR count). The lowest BCUT2D eigenvalue weighted by Crippen LogP contribution is -2.19. The van der Waals surface area contributed by atoms with Crippen molar-refractivity contribution in [2.75, 3.05) is 12.5 Å². The highest BCUT2D eigenvalue weighted by Gasteiger charge is 2.29. The quantitative estimate of drug-likeness (QED) is 0.441. The second kappa shape index (κ2) is 10.0. The van der Waals surface area contributed by atoms with Crippen LogP contribution in [0.3, 0.4) is 0 Å². The first-order valence-electron chi connectivity index (χ1n) is 9.46. The third kappa shape index (κ3) is 5.37. The molecule has 0 aromatic heterocycles. The van der Waals surface area contributed by atoms with Gasteiger partial charge >= 0.3 is 11.4 Å². The summed E-state index contributed by atoms with van der Waals surface area (Å²) in [5, 5.41) is 0. The Morgan fingerprint density at radius 3 is 1.26 bits per heavy atom. The average molecular weight is 513 g/mol. The van der Waals surface area contributed by atoms with Crippen LogP contribution in [0.2, 0.25) is 0 Å². The summed E-state index contributed by atoms with van der Waals surface area (Å²) < 4.78 is 46.2. The number of allylic oxidation sites excluding steroid dienone is 2. The Kier molecular flexibility index (Phi) is 7.79. The first-order chi connectivity index (χ1) is 15.9. The number of hydrogen-bond donors (Lipinski definition) is 0. The SMILES string of the molecule is C.CS(=O)(=O)c1cccc2c1C=CC(=[N+]=[N-])C2=O.CS(=O)(=O)c1cccc2c1C=CC(=[N+]=[N-])C2=O. The van der Waals surface area contributed by atoms with E-state index in [-0.39, 0.29) is 39.8 Å². The molecular formula is C23H20N4O6S2. The van der Waals surface area contributed by atoms with Gasteiger partial charge in [0.15, 0.2) is 19.7 Å². The van der Waals surface area contributed by atoms with Crippen molar-refractivity contribution in [2.24, 2.45) is 0 Å². The minimum Gasteiger partial charge on any atom is -0.361 e. The Bertz CT molecular complexity index is 1510. The number of ketones is 2. The summed E-state index contributed by atoms with van der Waals surface area (Å²) in [6, 6.07) is 8.85. The third-order valence-corrected chi connectivity index (χ3v) is 7.23. The van der Waals surface area contributed by atoms with Crippen molar-refractivity contribution in [3.63, 3.8) is 0 Å². The summed E-state index contributed by atoms with van der Waals surface area (Å²) in [4.78, 5) is 29.5. The number of rotatable bonds is 2. The van der Waals surface area contributed by atoms with Gasteiger partial charge in [0, 0.05) is 46.9 Å². The summed E-state index contributed by atoms with van der Waals surface area (Å²) >= 11 is 0. The summed E-state index contributed by atoms with van der Waals surface area (Å²) in [5.74, 6) is -0.981. The van der Waals surface area contributed by atoms with Gasteiger partial charge in [-0.05, 0) is 24.3 Å². The van der Waals surface area contributed by atoms with Crippen LogP contribution in [0.15, 0.2) is 58.3 Å². The van der Waals surface area contributed by atoms with Crippen LogP contribution in [0.1, 0.15) is 39.3 Å². The number of Topliss-reactive ketones (excluding diaryl/α,β-unsaturated/α-hetero) is 2. The van der Waals surface area contributed by atoms with Crippen LogP contribution in [0.25, 0.3) is 23.2 Å². The van der Waals surface area contributed by atoms with Gasteiger partial charge in [0.2, 0.25) is 0 Å². The fourth-order valence-corrected chi connectivity index (χ4v) is 5.19. The molecule has 0 saturated carbocycles. The number of carbonyl (C=O) groups excluding carboxylic acids is 2. The monoisotopic (exact) mass is 512 g/mol. The molecule has 0 bridgehead atoms. The maximum absolute atomic E-state index is 11.8. The van der Waals surface area contributed by atoms with E-state index in [1.165, 1.54) is 60.7 Å². The third-order valence-electron chi connectivity index (χ3n) is 4.92. The van der Waals surface area contributed by atoms with Crippen molar-refractivity contribution in [1.29, 1.82) is 0 Å². The highest BCUT2D eigenvalue weighted by atomic mass is 32.2. The maximum Gasteiger partial charge on any atom is 0.362 e. The lowest BCUT2D eigenvalue weighted by molar-refractivity contribution is -0.00459. The van der Waals surface area contributed by atoms with Gasteiger partial charge in [0.1, 0.15) is 0 Å². The number of sulfone groups is 2. The van der Waals surface area contributed by atoms with Gasteiger partial charge in [-0.25, -0.2) is 16.8 Å². The average Bonchev–Trinajstić information content (AvgIpc) is 2.78. The Morgan fingerprint density at radius 1 is 0.629 bits per heavy atom. The van der Waals surface area contributed by atoms with Crippen molar-refractivity contribution in [3.05, 3.63) is 81.9 Å². The number of fused-ring (bicyclic) bond motifs is 2. The number of nitrogens with zero attached hydrogens (tertiary/aromatic N) is 4. The van der Waals surface area contributed by atoms with E-state index in [1.807, 2.05) is 0 Å². The molecule has 0 fully saturated rings. The van der Waals surface area contributed by atoms with E-state index < -0.39 is 31.2 Å². The second-order valence-electron chi connectivity index (χ2n) is 7.27.